The summed E-state index contributed by atoms with van der Waals surface area (Å²) in [6.45, 7) is 5.68. The Kier molecular flexibility index (Phi) is 9.51. The van der Waals surface area contributed by atoms with Crippen LogP contribution in [-0.4, -0.2) is 34.3 Å². The summed E-state index contributed by atoms with van der Waals surface area (Å²) >= 11 is 0. The third kappa shape index (κ3) is 7.83. The van der Waals surface area contributed by atoms with Crippen LogP contribution >= 0.6 is 0 Å². The molecule has 1 fully saturated rings. The highest BCUT2D eigenvalue weighted by molar-refractivity contribution is 5.86. The molecule has 7 heteroatoms. The Hall–Kier alpha value is -3.35. The summed E-state index contributed by atoms with van der Waals surface area (Å²) in [5.41, 5.74) is -0.767. The van der Waals surface area contributed by atoms with Crippen LogP contribution < -0.4 is 14.8 Å². The van der Waals surface area contributed by atoms with Crippen LogP contribution in [0.3, 0.4) is 0 Å². The molecular weight excluding hydrogens is 456 g/mol. The lowest BCUT2D eigenvalue weighted by Crippen LogP contribution is -2.51. The number of amidine groups is 1. The van der Waals surface area contributed by atoms with Crippen molar-refractivity contribution in [1.82, 2.24) is 5.32 Å². The van der Waals surface area contributed by atoms with Gasteiger partial charge in [-0.3, -0.25) is 4.99 Å². The quantitative estimate of drug-likeness (QED) is 0.204. The zero-order chi connectivity index (χ0) is 26.0. The zero-order valence-electron chi connectivity index (χ0n) is 21.6. The van der Waals surface area contributed by atoms with Crippen molar-refractivity contribution >= 4 is 18.1 Å². The highest BCUT2D eigenvalue weighted by Crippen LogP contribution is 2.29. The molecule has 36 heavy (non-hydrogen) atoms. The smallest absolute Gasteiger partial charge is 0.347 e. The van der Waals surface area contributed by atoms with Gasteiger partial charge in [-0.15, -0.1) is 0 Å². The van der Waals surface area contributed by atoms with Crippen molar-refractivity contribution in [3.8, 4) is 17.2 Å². The van der Waals surface area contributed by atoms with E-state index in [-0.39, 0.29) is 0 Å². The topological polar surface area (TPSA) is 97.2 Å². The third-order valence-electron chi connectivity index (χ3n) is 6.44. The molecule has 0 aromatic heterocycles. The monoisotopic (exact) mass is 494 g/mol. The number of aliphatic imine (C=N–C) groups is 1. The second kappa shape index (κ2) is 12.6. The van der Waals surface area contributed by atoms with E-state index in [1.54, 1.807) is 24.3 Å². The lowest BCUT2D eigenvalue weighted by molar-refractivity contribution is -0.152. The van der Waals surface area contributed by atoms with Crippen molar-refractivity contribution < 1.29 is 24.2 Å². The zero-order valence-corrected chi connectivity index (χ0v) is 21.6. The first-order valence-electron chi connectivity index (χ1n) is 12.8. The summed E-state index contributed by atoms with van der Waals surface area (Å²) in [5.74, 6) is 1.50. The Morgan fingerprint density at radius 3 is 2.42 bits per heavy atom. The Labute approximate surface area is 213 Å². The fraction of sp³-hybridized carbons (Fsp3) is 0.483. The Bertz CT molecular complexity index is 1040. The van der Waals surface area contributed by atoms with Crippen molar-refractivity contribution in [1.29, 1.82) is 0 Å². The van der Waals surface area contributed by atoms with Crippen molar-refractivity contribution in [2.24, 2.45) is 4.99 Å². The number of aliphatic carboxylic acids is 1. The number of carboxylic acids is 1. The molecular formula is C29H38N2O5. The summed E-state index contributed by atoms with van der Waals surface area (Å²) < 4.78 is 11.5. The van der Waals surface area contributed by atoms with Gasteiger partial charge in [0.25, 0.3) is 0 Å². The molecule has 0 heterocycles. The number of nitrogens with zero attached hydrogens (tertiary/aromatic N) is 1. The molecule has 1 saturated carbocycles. The average molecular weight is 495 g/mol. The van der Waals surface area contributed by atoms with Gasteiger partial charge >= 0.3 is 5.97 Å². The van der Waals surface area contributed by atoms with Gasteiger partial charge in [-0.1, -0.05) is 50.8 Å². The van der Waals surface area contributed by atoms with E-state index in [1.807, 2.05) is 24.3 Å². The van der Waals surface area contributed by atoms with Crippen LogP contribution in [-0.2, 0) is 16.1 Å². The van der Waals surface area contributed by atoms with Gasteiger partial charge in [-0.2, -0.15) is 0 Å². The highest BCUT2D eigenvalue weighted by atomic mass is 16.5. The van der Waals surface area contributed by atoms with E-state index in [0.29, 0.717) is 23.8 Å². The number of carbonyl (C=O) groups is 2. The Morgan fingerprint density at radius 2 is 1.78 bits per heavy atom. The molecule has 1 aliphatic carbocycles. The summed E-state index contributed by atoms with van der Waals surface area (Å²) in [5, 5.41) is 12.8. The first-order valence-corrected chi connectivity index (χ1v) is 12.8. The van der Waals surface area contributed by atoms with E-state index in [4.69, 9.17) is 14.5 Å². The largest absolute Gasteiger partial charge is 0.478 e. The number of hydrogen-bond donors (Lipinski definition) is 2. The van der Waals surface area contributed by atoms with E-state index < -0.39 is 17.1 Å². The minimum Gasteiger partial charge on any atom is -0.478 e. The standard InChI is InChI=1S/C29H38N2O5/c1-4-5-12-26(31-29(21-32)17-7-6-8-18-29)30-20-22-13-15-23(16-14-22)35-24-10-9-11-25(19-24)36-28(2,3)27(33)34/h9-11,13-16,19,21H,4-8,12,17-18,20H2,1-3H3,(H,30,31)(H,33,34). The van der Waals surface area contributed by atoms with Gasteiger partial charge in [0.2, 0.25) is 0 Å². The SMILES string of the molecule is CCCCC(=NCc1ccc(Oc2cccc(OC(C)(C)C(=O)O)c2)cc1)NC1(C=O)CCCCC1. The second-order valence-electron chi connectivity index (χ2n) is 9.96. The predicted molar refractivity (Wildman–Crippen MR) is 141 cm³/mol. The van der Waals surface area contributed by atoms with E-state index in [1.165, 1.54) is 20.3 Å². The first-order chi connectivity index (χ1) is 17.2. The molecule has 2 N–H and O–H groups in total. The maximum absolute atomic E-state index is 11.9. The molecule has 0 saturated heterocycles. The van der Waals surface area contributed by atoms with Gasteiger partial charge in [0, 0.05) is 12.5 Å². The van der Waals surface area contributed by atoms with E-state index in [9.17, 15) is 14.7 Å². The molecule has 0 unspecified atom stereocenters. The summed E-state index contributed by atoms with van der Waals surface area (Å²) in [6.07, 6.45) is 9.08. The fourth-order valence-corrected chi connectivity index (χ4v) is 4.19. The van der Waals surface area contributed by atoms with E-state index >= 15 is 0 Å². The molecule has 2 aromatic carbocycles. The number of aldehydes is 1. The molecule has 0 bridgehead atoms. The maximum Gasteiger partial charge on any atom is 0.347 e. The van der Waals surface area contributed by atoms with Gasteiger partial charge in [-0.05, 0) is 62.9 Å². The number of unbranched alkanes of at least 4 members (excludes halogenated alkanes) is 1. The van der Waals surface area contributed by atoms with E-state index in [0.717, 1.165) is 62.6 Å². The van der Waals surface area contributed by atoms with E-state index in [2.05, 4.69) is 12.2 Å². The van der Waals surface area contributed by atoms with Crippen LogP contribution in [0.5, 0.6) is 17.2 Å². The molecule has 1 aliphatic rings. The second-order valence-corrected chi connectivity index (χ2v) is 9.96. The molecule has 194 valence electrons. The molecule has 0 amide bonds. The van der Waals surface area contributed by atoms with Gasteiger partial charge in [0.05, 0.1) is 17.9 Å². The van der Waals surface area contributed by atoms with Crippen LogP contribution in [0.25, 0.3) is 0 Å². The van der Waals surface area contributed by atoms with Crippen LogP contribution in [0, 0.1) is 0 Å². The lowest BCUT2D eigenvalue weighted by atomic mass is 9.82. The lowest BCUT2D eigenvalue weighted by Gasteiger charge is -2.34. The molecule has 2 aromatic rings. The summed E-state index contributed by atoms with van der Waals surface area (Å²) in [6, 6.07) is 14.6. The van der Waals surface area contributed by atoms with Crippen molar-refractivity contribution in [3.63, 3.8) is 0 Å². The average Bonchev–Trinajstić information content (AvgIpc) is 2.87. The Balaban J connectivity index is 1.64. The van der Waals surface area contributed by atoms with Crippen LogP contribution in [0.4, 0.5) is 0 Å². The highest BCUT2D eigenvalue weighted by Gasteiger charge is 2.32. The van der Waals surface area contributed by atoms with Crippen LogP contribution in [0.2, 0.25) is 0 Å². The molecule has 0 aliphatic heterocycles. The fourth-order valence-electron chi connectivity index (χ4n) is 4.19. The predicted octanol–water partition coefficient (Wildman–Crippen LogP) is 6.30. The minimum atomic E-state index is -1.34. The molecule has 0 spiro atoms. The van der Waals surface area contributed by atoms with Crippen molar-refractivity contribution in [2.75, 3.05) is 0 Å². The third-order valence-corrected chi connectivity index (χ3v) is 6.44. The summed E-state index contributed by atoms with van der Waals surface area (Å²) in [4.78, 5) is 28.1. The molecule has 0 atom stereocenters. The summed E-state index contributed by atoms with van der Waals surface area (Å²) in [7, 11) is 0. The van der Waals surface area contributed by atoms with Gasteiger partial charge in [0.15, 0.2) is 5.60 Å². The number of hydrogen-bond acceptors (Lipinski definition) is 5. The van der Waals surface area contributed by atoms with Crippen molar-refractivity contribution in [2.45, 2.75) is 89.8 Å². The molecule has 0 radical (unpaired) electrons. The number of ether oxygens (including phenoxy) is 2. The van der Waals surface area contributed by atoms with Crippen LogP contribution in [0.1, 0.15) is 77.7 Å². The van der Waals surface area contributed by atoms with Gasteiger partial charge in [0.1, 0.15) is 23.5 Å². The number of rotatable bonds is 12. The van der Waals surface area contributed by atoms with Gasteiger partial charge < -0.3 is 24.7 Å². The normalized spacial score (nSPS) is 15.7. The minimum absolute atomic E-state index is 0.420. The molecule has 7 nitrogen and oxygen atoms in total. The van der Waals surface area contributed by atoms with Gasteiger partial charge in [-0.25, -0.2) is 4.79 Å². The maximum atomic E-state index is 11.9. The number of carbonyl (C=O) groups excluding carboxylic acids is 1. The number of nitrogens with one attached hydrogen (secondary N) is 1. The first kappa shape index (κ1) is 27.2. The van der Waals surface area contributed by atoms with Crippen molar-refractivity contribution in [3.05, 3.63) is 54.1 Å². The number of carboxylic acid groups (broad SMARTS) is 1. The Morgan fingerprint density at radius 1 is 1.08 bits per heavy atom. The number of benzene rings is 2. The molecule has 3 rings (SSSR count). The van der Waals surface area contributed by atoms with Crippen LogP contribution in [0.15, 0.2) is 53.5 Å².